The summed E-state index contributed by atoms with van der Waals surface area (Å²) in [5, 5.41) is 14.6. The summed E-state index contributed by atoms with van der Waals surface area (Å²) >= 11 is 1.63. The Balaban J connectivity index is 1.76. The molecule has 1 N–H and O–H groups in total. The van der Waals surface area contributed by atoms with Crippen molar-refractivity contribution in [2.24, 2.45) is 0 Å². The van der Waals surface area contributed by atoms with Gasteiger partial charge in [-0.1, -0.05) is 0 Å². The Morgan fingerprint density at radius 2 is 2.14 bits per heavy atom. The van der Waals surface area contributed by atoms with E-state index < -0.39 is 0 Å². The summed E-state index contributed by atoms with van der Waals surface area (Å²) in [5.41, 5.74) is 1.53. The molecule has 1 aromatic carbocycles. The lowest BCUT2D eigenvalue weighted by Crippen LogP contribution is -2.26. The topological polar surface area (TPSA) is 68.0 Å². The zero-order valence-electron chi connectivity index (χ0n) is 11.1. The molecule has 3 aromatic rings. The van der Waals surface area contributed by atoms with E-state index in [4.69, 9.17) is 0 Å². The molecule has 0 unspecified atom stereocenters. The number of hydrogen-bond donors (Lipinski definition) is 1. The molecular formula is C15H13N3O2S. The summed E-state index contributed by atoms with van der Waals surface area (Å²) in [5.74, 6) is 0.374. The Kier molecular flexibility index (Phi) is 2.87. The fraction of sp³-hybridized carbons (Fsp3) is 0.267. The molecule has 5 nitrogen and oxygen atoms in total. The zero-order chi connectivity index (χ0) is 14.4. The van der Waals surface area contributed by atoms with E-state index in [0.717, 1.165) is 33.8 Å². The lowest BCUT2D eigenvalue weighted by Gasteiger charge is -2.29. The van der Waals surface area contributed by atoms with E-state index in [9.17, 15) is 9.90 Å². The number of rotatable bonds is 2. The van der Waals surface area contributed by atoms with Gasteiger partial charge in [0.15, 0.2) is 0 Å². The van der Waals surface area contributed by atoms with Crippen LogP contribution in [-0.4, -0.2) is 26.0 Å². The predicted octanol–water partition coefficient (Wildman–Crippen LogP) is 2.08. The molecule has 0 spiro atoms. The minimum atomic E-state index is -0.176. The zero-order valence-corrected chi connectivity index (χ0v) is 12.0. The SMILES string of the molecule is O=c1cccnn1-c1ccc2nc([C@H]3C[C@@H](O)C3)sc2c1. The van der Waals surface area contributed by atoms with Crippen molar-refractivity contribution in [2.45, 2.75) is 24.9 Å². The van der Waals surface area contributed by atoms with Gasteiger partial charge in [-0.2, -0.15) is 9.78 Å². The standard InChI is InChI=1S/C15H13N3O2S/c19-11-6-9(7-11)15-17-12-4-3-10(8-13(12)21-15)18-14(20)2-1-5-16-18/h1-5,8-9,11,19H,6-7H2/t9-,11+. The molecule has 0 saturated heterocycles. The highest BCUT2D eigenvalue weighted by molar-refractivity contribution is 7.18. The smallest absolute Gasteiger partial charge is 0.271 e. The van der Waals surface area contributed by atoms with Gasteiger partial charge in [-0.15, -0.1) is 11.3 Å². The van der Waals surface area contributed by atoms with Crippen LogP contribution >= 0.6 is 11.3 Å². The molecule has 21 heavy (non-hydrogen) atoms. The van der Waals surface area contributed by atoms with Crippen molar-refractivity contribution in [1.82, 2.24) is 14.8 Å². The van der Waals surface area contributed by atoms with Crippen LogP contribution in [0, 0.1) is 0 Å². The molecule has 1 saturated carbocycles. The first-order valence-electron chi connectivity index (χ1n) is 6.84. The van der Waals surface area contributed by atoms with Crippen molar-refractivity contribution in [3.05, 3.63) is 51.9 Å². The van der Waals surface area contributed by atoms with Gasteiger partial charge in [0.25, 0.3) is 5.56 Å². The first-order chi connectivity index (χ1) is 10.2. The quantitative estimate of drug-likeness (QED) is 0.786. The maximum Gasteiger partial charge on any atom is 0.271 e. The van der Waals surface area contributed by atoms with E-state index in [1.54, 1.807) is 23.6 Å². The largest absolute Gasteiger partial charge is 0.393 e. The second kappa shape index (κ2) is 4.75. The predicted molar refractivity (Wildman–Crippen MR) is 81.0 cm³/mol. The number of hydrogen-bond acceptors (Lipinski definition) is 5. The molecule has 1 fully saturated rings. The first-order valence-corrected chi connectivity index (χ1v) is 7.65. The van der Waals surface area contributed by atoms with Crippen molar-refractivity contribution >= 4 is 21.6 Å². The average Bonchev–Trinajstić information content (AvgIpc) is 2.86. The van der Waals surface area contributed by atoms with Gasteiger partial charge in [-0.25, -0.2) is 4.98 Å². The van der Waals surface area contributed by atoms with Crippen LogP contribution in [0.5, 0.6) is 0 Å². The lowest BCUT2D eigenvalue weighted by molar-refractivity contribution is 0.0746. The number of aromatic nitrogens is 3. The molecule has 6 heteroatoms. The Labute approximate surface area is 124 Å². The molecule has 4 rings (SSSR count). The van der Waals surface area contributed by atoms with Crippen molar-refractivity contribution in [2.75, 3.05) is 0 Å². The molecule has 0 radical (unpaired) electrons. The molecule has 1 aliphatic carbocycles. The molecule has 0 aliphatic heterocycles. The van der Waals surface area contributed by atoms with Gasteiger partial charge < -0.3 is 5.11 Å². The van der Waals surface area contributed by atoms with Gasteiger partial charge in [0.2, 0.25) is 0 Å². The normalized spacial score (nSPS) is 21.4. The van der Waals surface area contributed by atoms with Crippen LogP contribution in [0.2, 0.25) is 0 Å². The number of benzene rings is 1. The van der Waals surface area contributed by atoms with E-state index in [1.165, 1.54) is 10.7 Å². The Morgan fingerprint density at radius 1 is 1.29 bits per heavy atom. The van der Waals surface area contributed by atoms with Crippen LogP contribution in [-0.2, 0) is 0 Å². The summed E-state index contributed by atoms with van der Waals surface area (Å²) in [6.45, 7) is 0. The van der Waals surface area contributed by atoms with Gasteiger partial charge in [-0.3, -0.25) is 4.79 Å². The number of aliphatic hydroxyl groups is 1. The minimum absolute atomic E-state index is 0.149. The van der Waals surface area contributed by atoms with Gasteiger partial charge in [0, 0.05) is 18.2 Å². The van der Waals surface area contributed by atoms with Crippen LogP contribution in [0.4, 0.5) is 0 Å². The number of thiazole rings is 1. The van der Waals surface area contributed by atoms with Crippen LogP contribution < -0.4 is 5.56 Å². The van der Waals surface area contributed by atoms with Crippen molar-refractivity contribution in [3.8, 4) is 5.69 Å². The number of nitrogens with zero attached hydrogens (tertiary/aromatic N) is 3. The van der Waals surface area contributed by atoms with Crippen molar-refractivity contribution in [1.29, 1.82) is 0 Å². The maximum absolute atomic E-state index is 11.8. The van der Waals surface area contributed by atoms with E-state index >= 15 is 0 Å². The second-order valence-corrected chi connectivity index (χ2v) is 6.36. The molecule has 0 atom stereocenters. The second-order valence-electron chi connectivity index (χ2n) is 5.30. The molecule has 2 heterocycles. The molecule has 0 bridgehead atoms. The van der Waals surface area contributed by atoms with Gasteiger partial charge in [0.1, 0.15) is 0 Å². The van der Waals surface area contributed by atoms with Crippen LogP contribution in [0.3, 0.4) is 0 Å². The highest BCUT2D eigenvalue weighted by Crippen LogP contribution is 2.40. The van der Waals surface area contributed by atoms with Gasteiger partial charge in [0.05, 0.1) is 27.0 Å². The first kappa shape index (κ1) is 12.7. The average molecular weight is 299 g/mol. The maximum atomic E-state index is 11.8. The van der Waals surface area contributed by atoms with Crippen LogP contribution in [0.15, 0.2) is 41.3 Å². The van der Waals surface area contributed by atoms with Crippen LogP contribution in [0.1, 0.15) is 23.8 Å². The van der Waals surface area contributed by atoms with Crippen LogP contribution in [0.25, 0.3) is 15.9 Å². The van der Waals surface area contributed by atoms with E-state index in [0.29, 0.717) is 5.92 Å². The molecule has 1 aliphatic rings. The van der Waals surface area contributed by atoms with E-state index in [1.807, 2.05) is 18.2 Å². The number of aliphatic hydroxyl groups excluding tert-OH is 1. The monoisotopic (exact) mass is 299 g/mol. The van der Waals surface area contributed by atoms with E-state index in [2.05, 4.69) is 10.1 Å². The van der Waals surface area contributed by atoms with Gasteiger partial charge >= 0.3 is 0 Å². The summed E-state index contributed by atoms with van der Waals surface area (Å²) in [7, 11) is 0. The molecular weight excluding hydrogens is 286 g/mol. The Bertz CT molecular complexity index is 864. The van der Waals surface area contributed by atoms with Crippen molar-refractivity contribution in [3.63, 3.8) is 0 Å². The summed E-state index contributed by atoms with van der Waals surface area (Å²) in [6, 6.07) is 8.84. The summed E-state index contributed by atoms with van der Waals surface area (Å²) < 4.78 is 2.42. The van der Waals surface area contributed by atoms with E-state index in [-0.39, 0.29) is 11.7 Å². The third kappa shape index (κ3) is 2.16. The van der Waals surface area contributed by atoms with Crippen molar-refractivity contribution < 1.29 is 5.11 Å². The molecule has 106 valence electrons. The summed E-state index contributed by atoms with van der Waals surface area (Å²) in [6.07, 6.45) is 3.02. The minimum Gasteiger partial charge on any atom is -0.393 e. The number of fused-ring (bicyclic) bond motifs is 1. The molecule has 2 aromatic heterocycles. The third-order valence-corrected chi connectivity index (χ3v) is 4.99. The Hall–Kier alpha value is -2.05. The summed E-state index contributed by atoms with van der Waals surface area (Å²) in [4.78, 5) is 16.4. The third-order valence-electron chi connectivity index (χ3n) is 3.81. The fourth-order valence-corrected chi connectivity index (χ4v) is 3.71. The molecule has 0 amide bonds. The van der Waals surface area contributed by atoms with Gasteiger partial charge in [-0.05, 0) is 37.1 Å². The lowest BCUT2D eigenvalue weighted by atomic mass is 9.83. The highest BCUT2D eigenvalue weighted by Gasteiger charge is 2.30. The highest BCUT2D eigenvalue weighted by atomic mass is 32.1. The fourth-order valence-electron chi connectivity index (χ4n) is 2.58. The Morgan fingerprint density at radius 3 is 2.90 bits per heavy atom.